The number of nitrogens with one attached hydrogen (secondary N) is 1. The maximum absolute atomic E-state index is 10.5. The van der Waals surface area contributed by atoms with Gasteiger partial charge in [0.25, 0.3) is 0 Å². The van der Waals surface area contributed by atoms with Crippen molar-refractivity contribution in [2.24, 2.45) is 5.92 Å². The zero-order valence-electron chi connectivity index (χ0n) is 11.1. The number of carboxylic acid groups (broad SMARTS) is 1. The van der Waals surface area contributed by atoms with Crippen LogP contribution >= 0.6 is 11.6 Å². The number of hydrogen-bond acceptors (Lipinski definition) is 3. The summed E-state index contributed by atoms with van der Waals surface area (Å²) in [6.07, 6.45) is -0.651. The zero-order chi connectivity index (χ0) is 14.4. The first-order valence-corrected chi connectivity index (χ1v) is 6.68. The second kappa shape index (κ2) is 7.48. The largest absolute Gasteiger partial charge is 0.481 e. The SMILES string of the molecule is CC(C)C(NCCC(=O)O)C(O)c1ccc(Cl)cc1. The van der Waals surface area contributed by atoms with E-state index in [9.17, 15) is 9.90 Å². The fraction of sp³-hybridized carbons (Fsp3) is 0.500. The van der Waals surface area contributed by atoms with Crippen LogP contribution in [-0.4, -0.2) is 28.8 Å². The van der Waals surface area contributed by atoms with E-state index in [2.05, 4.69) is 5.32 Å². The van der Waals surface area contributed by atoms with E-state index in [0.29, 0.717) is 11.6 Å². The van der Waals surface area contributed by atoms with Crippen molar-refractivity contribution in [3.63, 3.8) is 0 Å². The lowest BCUT2D eigenvalue weighted by Crippen LogP contribution is -2.40. The Morgan fingerprint density at radius 2 is 1.89 bits per heavy atom. The summed E-state index contributed by atoms with van der Waals surface area (Å²) in [6, 6.07) is 6.83. The molecule has 0 saturated heterocycles. The normalized spacial score (nSPS) is 14.4. The molecule has 0 aliphatic heterocycles. The summed E-state index contributed by atoms with van der Waals surface area (Å²) in [5, 5.41) is 22.7. The summed E-state index contributed by atoms with van der Waals surface area (Å²) < 4.78 is 0. The van der Waals surface area contributed by atoms with Gasteiger partial charge in [0.1, 0.15) is 0 Å². The molecule has 19 heavy (non-hydrogen) atoms. The Hall–Kier alpha value is -1.10. The van der Waals surface area contributed by atoms with Gasteiger partial charge < -0.3 is 15.5 Å². The van der Waals surface area contributed by atoms with Crippen LogP contribution in [0.3, 0.4) is 0 Å². The molecular weight excluding hydrogens is 266 g/mol. The quantitative estimate of drug-likeness (QED) is 0.720. The number of aliphatic hydroxyl groups excluding tert-OH is 1. The van der Waals surface area contributed by atoms with Gasteiger partial charge >= 0.3 is 5.97 Å². The summed E-state index contributed by atoms with van der Waals surface area (Å²) in [5.74, 6) is -0.671. The minimum absolute atomic E-state index is 0.0383. The summed E-state index contributed by atoms with van der Waals surface area (Å²) in [6.45, 7) is 4.30. The zero-order valence-corrected chi connectivity index (χ0v) is 11.9. The highest BCUT2D eigenvalue weighted by Crippen LogP contribution is 2.23. The predicted molar refractivity (Wildman–Crippen MR) is 75.3 cm³/mol. The lowest BCUT2D eigenvalue weighted by molar-refractivity contribution is -0.136. The van der Waals surface area contributed by atoms with Gasteiger partial charge in [0.05, 0.1) is 12.5 Å². The summed E-state index contributed by atoms with van der Waals surface area (Å²) in [4.78, 5) is 10.5. The molecule has 0 saturated carbocycles. The first-order chi connectivity index (χ1) is 8.91. The molecule has 0 bridgehead atoms. The average Bonchev–Trinajstić information content (AvgIpc) is 2.34. The number of rotatable bonds is 7. The number of hydrogen-bond donors (Lipinski definition) is 3. The van der Waals surface area contributed by atoms with Crippen LogP contribution in [0.25, 0.3) is 0 Å². The van der Waals surface area contributed by atoms with Crippen LogP contribution in [-0.2, 0) is 4.79 Å². The molecule has 0 aromatic heterocycles. The molecule has 1 rings (SSSR count). The topological polar surface area (TPSA) is 69.6 Å². The monoisotopic (exact) mass is 285 g/mol. The molecule has 2 unspecified atom stereocenters. The van der Waals surface area contributed by atoms with Crippen molar-refractivity contribution in [1.82, 2.24) is 5.32 Å². The number of benzene rings is 1. The van der Waals surface area contributed by atoms with Gasteiger partial charge in [-0.3, -0.25) is 4.79 Å². The van der Waals surface area contributed by atoms with Crippen LogP contribution in [0.4, 0.5) is 0 Å². The fourth-order valence-electron chi connectivity index (χ4n) is 1.92. The van der Waals surface area contributed by atoms with Crippen molar-refractivity contribution in [1.29, 1.82) is 0 Å². The van der Waals surface area contributed by atoms with E-state index in [1.54, 1.807) is 24.3 Å². The maximum atomic E-state index is 10.5. The molecule has 0 amide bonds. The molecule has 0 aliphatic rings. The second-order valence-corrected chi connectivity index (χ2v) is 5.30. The van der Waals surface area contributed by atoms with Crippen LogP contribution < -0.4 is 5.32 Å². The number of carboxylic acids is 1. The van der Waals surface area contributed by atoms with Crippen LogP contribution in [0, 0.1) is 5.92 Å². The highest BCUT2D eigenvalue weighted by Gasteiger charge is 2.23. The molecule has 0 spiro atoms. The van der Waals surface area contributed by atoms with E-state index in [1.165, 1.54) is 0 Å². The third-order valence-corrected chi connectivity index (χ3v) is 3.24. The van der Waals surface area contributed by atoms with Crippen LogP contribution in [0.1, 0.15) is 31.9 Å². The van der Waals surface area contributed by atoms with E-state index >= 15 is 0 Å². The molecule has 2 atom stereocenters. The standard InChI is InChI=1S/C14H20ClNO3/c1-9(2)13(16-8-7-12(17)18)14(19)10-3-5-11(15)6-4-10/h3-6,9,13-14,16,19H,7-8H2,1-2H3,(H,17,18). The van der Waals surface area contributed by atoms with Crippen molar-refractivity contribution < 1.29 is 15.0 Å². The van der Waals surface area contributed by atoms with Crippen molar-refractivity contribution in [3.05, 3.63) is 34.9 Å². The number of carbonyl (C=O) groups is 1. The van der Waals surface area contributed by atoms with Crippen LogP contribution in [0.5, 0.6) is 0 Å². The van der Waals surface area contributed by atoms with Crippen molar-refractivity contribution in [2.75, 3.05) is 6.54 Å². The summed E-state index contributed by atoms with van der Waals surface area (Å²) in [5.41, 5.74) is 0.769. The predicted octanol–water partition coefficient (Wildman–Crippen LogP) is 2.46. The van der Waals surface area contributed by atoms with Crippen molar-refractivity contribution in [2.45, 2.75) is 32.4 Å². The Labute approximate surface area is 118 Å². The van der Waals surface area contributed by atoms with E-state index in [1.807, 2.05) is 13.8 Å². The number of aliphatic carboxylic acids is 1. The molecular formula is C14H20ClNO3. The first kappa shape index (κ1) is 16.0. The average molecular weight is 286 g/mol. The van der Waals surface area contributed by atoms with Gasteiger partial charge in [-0.25, -0.2) is 0 Å². The maximum Gasteiger partial charge on any atom is 0.304 e. The van der Waals surface area contributed by atoms with E-state index < -0.39 is 12.1 Å². The van der Waals surface area contributed by atoms with Crippen molar-refractivity contribution in [3.8, 4) is 0 Å². The molecule has 5 heteroatoms. The smallest absolute Gasteiger partial charge is 0.304 e. The van der Waals surface area contributed by atoms with Crippen LogP contribution in [0.15, 0.2) is 24.3 Å². The van der Waals surface area contributed by atoms with E-state index in [0.717, 1.165) is 5.56 Å². The van der Waals surface area contributed by atoms with Gasteiger partial charge in [-0.15, -0.1) is 0 Å². The Kier molecular flexibility index (Phi) is 6.28. The molecule has 0 fully saturated rings. The number of aliphatic hydroxyl groups is 1. The lowest BCUT2D eigenvalue weighted by Gasteiger charge is -2.27. The van der Waals surface area contributed by atoms with Crippen LogP contribution in [0.2, 0.25) is 5.02 Å². The van der Waals surface area contributed by atoms with Gasteiger partial charge in [-0.1, -0.05) is 37.6 Å². The molecule has 106 valence electrons. The van der Waals surface area contributed by atoms with Gasteiger partial charge in [-0.05, 0) is 23.6 Å². The van der Waals surface area contributed by atoms with Gasteiger partial charge in [0.2, 0.25) is 0 Å². The molecule has 1 aromatic carbocycles. The molecule has 4 nitrogen and oxygen atoms in total. The van der Waals surface area contributed by atoms with Gasteiger partial charge in [-0.2, -0.15) is 0 Å². The Bertz CT molecular complexity index is 406. The first-order valence-electron chi connectivity index (χ1n) is 6.30. The molecule has 0 aliphatic carbocycles. The summed E-state index contributed by atoms with van der Waals surface area (Å²) >= 11 is 5.81. The van der Waals surface area contributed by atoms with E-state index in [4.69, 9.17) is 16.7 Å². The Balaban J connectivity index is 2.69. The lowest BCUT2D eigenvalue weighted by atomic mass is 9.93. The second-order valence-electron chi connectivity index (χ2n) is 4.86. The highest BCUT2D eigenvalue weighted by molar-refractivity contribution is 6.30. The van der Waals surface area contributed by atoms with Gasteiger partial charge in [0, 0.05) is 17.6 Å². The fourth-order valence-corrected chi connectivity index (χ4v) is 2.05. The third kappa shape index (κ3) is 5.19. The van der Waals surface area contributed by atoms with Gasteiger partial charge in [0.15, 0.2) is 0 Å². The highest BCUT2D eigenvalue weighted by atomic mass is 35.5. The minimum Gasteiger partial charge on any atom is -0.481 e. The number of halogens is 1. The molecule has 0 radical (unpaired) electrons. The molecule has 0 heterocycles. The minimum atomic E-state index is -0.851. The molecule has 1 aromatic rings. The summed E-state index contributed by atoms with van der Waals surface area (Å²) in [7, 11) is 0. The Morgan fingerprint density at radius 1 is 1.32 bits per heavy atom. The van der Waals surface area contributed by atoms with E-state index in [-0.39, 0.29) is 18.4 Å². The third-order valence-electron chi connectivity index (χ3n) is 2.99. The Morgan fingerprint density at radius 3 is 2.37 bits per heavy atom. The molecule has 3 N–H and O–H groups in total. The van der Waals surface area contributed by atoms with Crippen molar-refractivity contribution >= 4 is 17.6 Å².